The molecule has 1 aliphatic rings. The lowest BCUT2D eigenvalue weighted by atomic mass is 10.1. The van der Waals surface area contributed by atoms with Crippen LogP contribution in [0.1, 0.15) is 0 Å². The third kappa shape index (κ3) is 1.35. The summed E-state index contributed by atoms with van der Waals surface area (Å²) in [7, 11) is 0. The Morgan fingerprint density at radius 2 is 2.00 bits per heavy atom. The lowest BCUT2D eigenvalue weighted by Crippen LogP contribution is -2.39. The van der Waals surface area contributed by atoms with Gasteiger partial charge in [0.15, 0.2) is 6.10 Å². The molecular weight excluding hydrogens is 159 g/mol. The van der Waals surface area contributed by atoms with E-state index in [4.69, 9.17) is 20.4 Å². The molecule has 0 aromatic heterocycles. The molecule has 0 spiro atoms. The summed E-state index contributed by atoms with van der Waals surface area (Å²) < 4.78 is 16.6. The van der Waals surface area contributed by atoms with E-state index in [2.05, 4.69) is 4.74 Å². The maximum atomic E-state index is 12.5. The second kappa shape index (κ2) is 2.65. The number of halogens is 1. The van der Waals surface area contributed by atoms with Gasteiger partial charge in [0.2, 0.25) is 0 Å². The lowest BCUT2D eigenvalue weighted by Gasteiger charge is -2.14. The molecule has 0 aromatic carbocycles. The summed E-state index contributed by atoms with van der Waals surface area (Å²) in [6.07, 6.45) is -4.91. The summed E-state index contributed by atoms with van der Waals surface area (Å²) >= 11 is 0. The molecule has 0 saturated carbocycles. The van der Waals surface area contributed by atoms with Crippen molar-refractivity contribution in [1.82, 2.24) is 0 Å². The Morgan fingerprint density at radius 3 is 2.18 bits per heavy atom. The van der Waals surface area contributed by atoms with Crippen LogP contribution in [0.3, 0.4) is 0 Å². The zero-order valence-electron chi connectivity index (χ0n) is 5.51. The average molecular weight is 168 g/mol. The fourth-order valence-electron chi connectivity index (χ4n) is 0.911. The van der Waals surface area contributed by atoms with Crippen LogP contribution < -0.4 is 0 Å². The Kier molecular flexibility index (Phi) is 2.13. The Bertz CT molecular complexity index is 150. The van der Waals surface area contributed by atoms with Crippen LogP contribution in [0, 0.1) is 0 Å². The van der Waals surface area contributed by atoms with Crippen molar-refractivity contribution in [3.05, 3.63) is 0 Å². The highest BCUT2D eigenvalue weighted by molar-refractivity contribution is 4.89. The van der Waals surface area contributed by atoms with Gasteiger partial charge in [-0.2, -0.15) is 4.39 Å². The molecule has 1 aliphatic heterocycles. The van der Waals surface area contributed by atoms with E-state index in [1.54, 1.807) is 0 Å². The molecular formula is C5H9FO5. The lowest BCUT2D eigenvalue weighted by molar-refractivity contribution is -0.310. The summed E-state index contributed by atoms with van der Waals surface area (Å²) in [4.78, 5) is 0. The van der Waals surface area contributed by atoms with Gasteiger partial charge in [0.25, 0.3) is 0 Å². The van der Waals surface area contributed by atoms with Crippen LogP contribution in [0.2, 0.25) is 0 Å². The standard InChI is InChI=1S/C5H9FO5/c6-5(10)4(9)3(8)2(1-7)11-5/h2-4,7-10H,1H2/t2-,3-,4-,5-/m1/s1. The van der Waals surface area contributed by atoms with Gasteiger partial charge in [0, 0.05) is 0 Å². The summed E-state index contributed by atoms with van der Waals surface area (Å²) in [5, 5.41) is 34.5. The van der Waals surface area contributed by atoms with Gasteiger partial charge in [-0.25, -0.2) is 0 Å². The van der Waals surface area contributed by atoms with Crippen LogP contribution in [-0.4, -0.2) is 51.4 Å². The normalized spacial score (nSPS) is 51.5. The van der Waals surface area contributed by atoms with Gasteiger partial charge in [0.1, 0.15) is 12.2 Å². The van der Waals surface area contributed by atoms with E-state index in [1.165, 1.54) is 0 Å². The van der Waals surface area contributed by atoms with Crippen molar-refractivity contribution in [2.24, 2.45) is 0 Å². The summed E-state index contributed by atoms with van der Waals surface area (Å²) in [6.45, 7) is -0.662. The van der Waals surface area contributed by atoms with E-state index in [0.717, 1.165) is 0 Å². The number of rotatable bonds is 1. The number of aliphatic hydroxyl groups excluding tert-OH is 3. The summed E-state index contributed by atoms with van der Waals surface area (Å²) in [5.74, 6) is 0. The van der Waals surface area contributed by atoms with Gasteiger partial charge in [-0.3, -0.25) is 0 Å². The number of aliphatic hydroxyl groups is 4. The Hall–Kier alpha value is -0.270. The van der Waals surface area contributed by atoms with Gasteiger partial charge in [-0.15, -0.1) is 0 Å². The molecule has 0 amide bonds. The maximum absolute atomic E-state index is 12.5. The molecule has 4 N–H and O–H groups in total. The molecule has 1 saturated heterocycles. The number of alkyl halides is 1. The molecule has 66 valence electrons. The summed E-state index contributed by atoms with van der Waals surface area (Å²) in [6, 6.07) is -3.26. The molecule has 11 heavy (non-hydrogen) atoms. The van der Waals surface area contributed by atoms with Crippen molar-refractivity contribution in [3.63, 3.8) is 0 Å². The molecule has 0 radical (unpaired) electrons. The number of hydrogen-bond acceptors (Lipinski definition) is 5. The largest absolute Gasteiger partial charge is 0.394 e. The van der Waals surface area contributed by atoms with Crippen LogP contribution >= 0.6 is 0 Å². The first kappa shape index (κ1) is 8.82. The van der Waals surface area contributed by atoms with Crippen molar-refractivity contribution in [2.75, 3.05) is 6.61 Å². The molecule has 6 heteroatoms. The SMILES string of the molecule is OC[C@H]1O[C@@](O)(F)[C@H](O)[C@@H]1O. The van der Waals surface area contributed by atoms with Crippen molar-refractivity contribution in [1.29, 1.82) is 0 Å². The number of hydrogen-bond donors (Lipinski definition) is 4. The van der Waals surface area contributed by atoms with Crippen molar-refractivity contribution >= 4 is 0 Å². The minimum Gasteiger partial charge on any atom is -0.394 e. The Labute approximate surface area is 61.6 Å². The molecule has 0 bridgehead atoms. The van der Waals surface area contributed by atoms with Crippen LogP contribution in [-0.2, 0) is 4.74 Å². The molecule has 0 aliphatic carbocycles. The van der Waals surface area contributed by atoms with Crippen LogP contribution in [0.15, 0.2) is 0 Å². The quantitative estimate of drug-likeness (QED) is 0.354. The number of ether oxygens (including phenoxy) is 1. The van der Waals surface area contributed by atoms with Gasteiger partial charge in [-0.1, -0.05) is 0 Å². The zero-order valence-corrected chi connectivity index (χ0v) is 5.51. The zero-order chi connectivity index (χ0) is 8.65. The van der Waals surface area contributed by atoms with E-state index in [1.807, 2.05) is 0 Å². The van der Waals surface area contributed by atoms with Gasteiger partial charge in [0.05, 0.1) is 6.61 Å². The van der Waals surface area contributed by atoms with Gasteiger partial charge < -0.3 is 25.2 Å². The second-order valence-corrected chi connectivity index (χ2v) is 2.38. The highest BCUT2D eigenvalue weighted by Crippen LogP contribution is 2.29. The first-order valence-electron chi connectivity index (χ1n) is 3.05. The Morgan fingerprint density at radius 1 is 1.45 bits per heavy atom. The minimum absolute atomic E-state index is 0.662. The van der Waals surface area contributed by atoms with Crippen molar-refractivity contribution in [2.45, 2.75) is 24.4 Å². The molecule has 1 rings (SSSR count). The molecule has 1 heterocycles. The highest BCUT2D eigenvalue weighted by Gasteiger charge is 2.54. The molecule has 0 aromatic rings. The average Bonchev–Trinajstić information content (AvgIpc) is 2.13. The fourth-order valence-corrected chi connectivity index (χ4v) is 0.911. The summed E-state index contributed by atoms with van der Waals surface area (Å²) in [5.41, 5.74) is 0. The van der Waals surface area contributed by atoms with E-state index < -0.39 is 31.0 Å². The van der Waals surface area contributed by atoms with E-state index in [-0.39, 0.29) is 0 Å². The first-order valence-corrected chi connectivity index (χ1v) is 3.05. The monoisotopic (exact) mass is 168 g/mol. The van der Waals surface area contributed by atoms with E-state index in [9.17, 15) is 4.39 Å². The molecule has 1 fully saturated rings. The third-order valence-corrected chi connectivity index (χ3v) is 1.57. The maximum Gasteiger partial charge on any atom is 0.347 e. The first-order chi connectivity index (χ1) is 4.99. The fraction of sp³-hybridized carbons (Fsp3) is 1.00. The van der Waals surface area contributed by atoms with Crippen LogP contribution in [0.4, 0.5) is 4.39 Å². The predicted octanol–water partition coefficient (Wildman–Crippen LogP) is -2.29. The minimum atomic E-state index is -3.26. The molecule has 5 nitrogen and oxygen atoms in total. The molecule has 0 unspecified atom stereocenters. The van der Waals surface area contributed by atoms with Gasteiger partial charge >= 0.3 is 6.04 Å². The van der Waals surface area contributed by atoms with Crippen LogP contribution in [0.25, 0.3) is 0 Å². The van der Waals surface area contributed by atoms with Crippen molar-refractivity contribution in [3.8, 4) is 0 Å². The second-order valence-electron chi connectivity index (χ2n) is 2.38. The topological polar surface area (TPSA) is 90.2 Å². The van der Waals surface area contributed by atoms with Crippen molar-refractivity contribution < 1.29 is 29.6 Å². The van der Waals surface area contributed by atoms with E-state index >= 15 is 0 Å². The smallest absolute Gasteiger partial charge is 0.347 e. The van der Waals surface area contributed by atoms with Gasteiger partial charge in [-0.05, 0) is 0 Å². The highest BCUT2D eigenvalue weighted by atomic mass is 19.2. The Balaban J connectivity index is 2.69. The molecule has 4 atom stereocenters. The third-order valence-electron chi connectivity index (χ3n) is 1.57. The van der Waals surface area contributed by atoms with Crippen LogP contribution in [0.5, 0.6) is 0 Å². The van der Waals surface area contributed by atoms with E-state index in [0.29, 0.717) is 0 Å². The predicted molar refractivity (Wildman–Crippen MR) is 30.0 cm³/mol.